The summed E-state index contributed by atoms with van der Waals surface area (Å²) in [6, 6.07) is -0.986. The van der Waals surface area contributed by atoms with Crippen molar-refractivity contribution in [2.75, 3.05) is 13.2 Å². The third-order valence-electron chi connectivity index (χ3n) is 14.8. The van der Waals surface area contributed by atoms with Gasteiger partial charge in [0.15, 0.2) is 6.29 Å². The number of unbranched alkanes of at least 4 members (excludes halogenated alkanes) is 41. The summed E-state index contributed by atoms with van der Waals surface area (Å²) in [7, 11) is 0. The Kier molecular flexibility index (Phi) is 46.4. The van der Waals surface area contributed by atoms with Gasteiger partial charge in [0, 0.05) is 6.42 Å². The summed E-state index contributed by atoms with van der Waals surface area (Å²) in [6.07, 6.45) is 47.0. The van der Waals surface area contributed by atoms with E-state index in [0.29, 0.717) is 6.42 Å². The van der Waals surface area contributed by atoms with Crippen LogP contribution in [0.15, 0.2) is 0 Å². The Hall–Kier alpha value is -0.850. The summed E-state index contributed by atoms with van der Waals surface area (Å²) < 4.78 is 11.2. The van der Waals surface area contributed by atoms with Crippen molar-refractivity contribution in [1.82, 2.24) is 5.32 Å². The number of amides is 1. The van der Waals surface area contributed by atoms with Crippen LogP contribution in [-0.2, 0) is 14.3 Å². The highest BCUT2D eigenvalue weighted by molar-refractivity contribution is 5.76. The fourth-order valence-corrected chi connectivity index (χ4v) is 10.0. The summed E-state index contributed by atoms with van der Waals surface area (Å²) in [4.78, 5) is 13.1. The molecule has 1 amide bonds. The SMILES string of the molecule is CCCCCCCCCCCCCCCCCCCCCCCCCCCCCC(=O)N[C@@H](CO[C@@H]1O[C@H](CO)[C@@H](O)C(O)C1O)[C@H](O)[C@H](O)CCCCCCCCCCCCCCCCCC. The maximum Gasteiger partial charge on any atom is 0.220 e. The van der Waals surface area contributed by atoms with Crippen LogP contribution in [0, 0.1) is 0 Å². The van der Waals surface area contributed by atoms with Crippen molar-refractivity contribution < 1.29 is 44.9 Å². The summed E-state index contributed by atoms with van der Waals surface area (Å²) in [6.45, 7) is 3.66. The second-order valence-corrected chi connectivity index (χ2v) is 21.3. The number of hydrogen-bond acceptors (Lipinski definition) is 9. The Morgan fingerprint density at radius 3 is 1.09 bits per heavy atom. The van der Waals surface area contributed by atoms with Crippen molar-refractivity contribution in [3.05, 3.63) is 0 Å². The Labute approximate surface area is 419 Å². The van der Waals surface area contributed by atoms with E-state index in [0.717, 1.165) is 38.5 Å². The second kappa shape index (κ2) is 48.4. The standard InChI is InChI=1S/C58H115NO9/c1-3-5-7-9-11-13-15-17-19-21-22-23-24-25-26-27-28-29-30-31-33-35-37-39-41-43-45-47-53(62)59-50(49-67-58-57(66)56(65)55(64)52(48-60)68-58)54(63)51(61)46-44-42-40-38-36-34-32-20-18-16-14-12-10-8-6-4-2/h50-52,54-58,60-61,63-66H,3-49H2,1-2H3,(H,59,62)/t50-,51+,52+,54-,55+,56?,57?,58+/m0/s1. The van der Waals surface area contributed by atoms with Crippen molar-refractivity contribution in [2.45, 2.75) is 352 Å². The van der Waals surface area contributed by atoms with Crippen LogP contribution < -0.4 is 5.32 Å². The summed E-state index contributed by atoms with van der Waals surface area (Å²) in [5.41, 5.74) is 0. The molecule has 0 saturated carbocycles. The van der Waals surface area contributed by atoms with Gasteiger partial charge >= 0.3 is 0 Å². The van der Waals surface area contributed by atoms with Crippen molar-refractivity contribution in [1.29, 1.82) is 0 Å². The topological polar surface area (TPSA) is 169 Å². The number of ether oxygens (including phenoxy) is 2. The predicted octanol–water partition coefficient (Wildman–Crippen LogP) is 13.6. The third kappa shape index (κ3) is 37.0. The van der Waals surface area contributed by atoms with Crippen molar-refractivity contribution >= 4 is 5.91 Å². The van der Waals surface area contributed by atoms with Gasteiger partial charge in [-0.25, -0.2) is 0 Å². The van der Waals surface area contributed by atoms with Crippen molar-refractivity contribution in [3.63, 3.8) is 0 Å². The first-order valence-electron chi connectivity index (χ1n) is 29.8. The van der Waals surface area contributed by atoms with Gasteiger partial charge in [-0.2, -0.15) is 0 Å². The number of aliphatic hydroxyl groups is 6. The quantitative estimate of drug-likeness (QED) is 0.0293. The second-order valence-electron chi connectivity index (χ2n) is 21.3. The molecule has 10 heteroatoms. The zero-order valence-electron chi connectivity index (χ0n) is 44.8. The maximum atomic E-state index is 13.1. The molecule has 1 fully saturated rings. The normalized spacial score (nSPS) is 19.9. The Morgan fingerprint density at radius 1 is 0.456 bits per heavy atom. The lowest BCUT2D eigenvalue weighted by Crippen LogP contribution is -2.60. The van der Waals surface area contributed by atoms with E-state index in [1.54, 1.807) is 0 Å². The minimum atomic E-state index is -1.60. The van der Waals surface area contributed by atoms with Crippen molar-refractivity contribution in [3.8, 4) is 0 Å². The molecule has 68 heavy (non-hydrogen) atoms. The number of aliphatic hydroxyl groups excluding tert-OH is 6. The number of rotatable bonds is 52. The minimum absolute atomic E-state index is 0.249. The molecular weight excluding hydrogens is 855 g/mol. The predicted molar refractivity (Wildman–Crippen MR) is 283 cm³/mol. The van der Waals surface area contributed by atoms with Crippen LogP contribution in [-0.4, -0.2) is 98.7 Å². The molecule has 10 nitrogen and oxygen atoms in total. The lowest BCUT2D eigenvalue weighted by Gasteiger charge is -2.40. The monoisotopic (exact) mass is 970 g/mol. The highest BCUT2D eigenvalue weighted by atomic mass is 16.7. The van der Waals surface area contributed by atoms with Crippen molar-refractivity contribution in [2.24, 2.45) is 0 Å². The first kappa shape index (κ1) is 65.2. The zero-order valence-corrected chi connectivity index (χ0v) is 44.8. The minimum Gasteiger partial charge on any atom is -0.394 e. The lowest BCUT2D eigenvalue weighted by atomic mass is 9.98. The van der Waals surface area contributed by atoms with E-state index in [2.05, 4.69) is 19.2 Å². The number of carbonyl (C=O) groups excluding carboxylic acids is 1. The average Bonchev–Trinajstić information content (AvgIpc) is 3.34. The van der Waals surface area contributed by atoms with Gasteiger partial charge < -0.3 is 45.4 Å². The van der Waals surface area contributed by atoms with Gasteiger partial charge in [-0.1, -0.05) is 284 Å². The smallest absolute Gasteiger partial charge is 0.220 e. The lowest BCUT2D eigenvalue weighted by molar-refractivity contribution is -0.303. The maximum absolute atomic E-state index is 13.1. The fourth-order valence-electron chi connectivity index (χ4n) is 10.0. The highest BCUT2D eigenvalue weighted by Gasteiger charge is 2.44. The van der Waals surface area contributed by atoms with Gasteiger partial charge in [0.05, 0.1) is 25.4 Å². The molecule has 0 aromatic heterocycles. The zero-order chi connectivity index (χ0) is 49.6. The van der Waals surface area contributed by atoms with E-state index in [4.69, 9.17) is 9.47 Å². The Morgan fingerprint density at radius 2 is 0.765 bits per heavy atom. The average molecular weight is 971 g/mol. The van der Waals surface area contributed by atoms with Crippen LogP contribution >= 0.6 is 0 Å². The van der Waals surface area contributed by atoms with E-state index < -0.39 is 55.6 Å². The fraction of sp³-hybridized carbons (Fsp3) is 0.983. The molecule has 0 aromatic carbocycles. The number of nitrogens with one attached hydrogen (secondary N) is 1. The van der Waals surface area contributed by atoms with Crippen LogP contribution in [0.2, 0.25) is 0 Å². The van der Waals surface area contributed by atoms with Gasteiger partial charge in [0.25, 0.3) is 0 Å². The van der Waals surface area contributed by atoms with E-state index in [9.17, 15) is 35.4 Å². The van der Waals surface area contributed by atoms with Crippen LogP contribution in [0.1, 0.15) is 303 Å². The molecule has 406 valence electrons. The molecule has 1 aliphatic rings. The highest BCUT2D eigenvalue weighted by Crippen LogP contribution is 2.24. The van der Waals surface area contributed by atoms with E-state index in [1.165, 1.54) is 238 Å². The van der Waals surface area contributed by atoms with E-state index in [1.807, 2.05) is 0 Å². The summed E-state index contributed by atoms with van der Waals surface area (Å²) in [5.74, 6) is -0.249. The van der Waals surface area contributed by atoms with Gasteiger partial charge in [-0.3, -0.25) is 4.79 Å². The molecule has 1 aliphatic heterocycles. The first-order chi connectivity index (χ1) is 33.3. The Balaban J connectivity index is 2.20. The Bertz CT molecular complexity index is 1050. The number of hydrogen-bond donors (Lipinski definition) is 7. The molecule has 0 radical (unpaired) electrons. The summed E-state index contributed by atoms with van der Waals surface area (Å²) in [5, 5.41) is 65.6. The first-order valence-corrected chi connectivity index (χ1v) is 29.8. The molecule has 0 spiro atoms. The molecule has 1 rings (SSSR count). The van der Waals surface area contributed by atoms with E-state index in [-0.39, 0.29) is 18.9 Å². The van der Waals surface area contributed by atoms with Gasteiger partial charge in [0.1, 0.15) is 30.5 Å². The van der Waals surface area contributed by atoms with Crippen LogP contribution in [0.3, 0.4) is 0 Å². The van der Waals surface area contributed by atoms with Gasteiger partial charge in [-0.15, -0.1) is 0 Å². The molecular formula is C58H115NO9. The number of carbonyl (C=O) groups is 1. The summed E-state index contributed by atoms with van der Waals surface area (Å²) >= 11 is 0. The van der Waals surface area contributed by atoms with E-state index >= 15 is 0 Å². The van der Waals surface area contributed by atoms with Crippen LogP contribution in [0.5, 0.6) is 0 Å². The molecule has 8 atom stereocenters. The van der Waals surface area contributed by atoms with Gasteiger partial charge in [0.2, 0.25) is 5.91 Å². The molecule has 0 bridgehead atoms. The molecule has 1 saturated heterocycles. The van der Waals surface area contributed by atoms with Crippen LogP contribution in [0.4, 0.5) is 0 Å². The molecule has 7 N–H and O–H groups in total. The largest absolute Gasteiger partial charge is 0.394 e. The molecule has 1 heterocycles. The van der Waals surface area contributed by atoms with Crippen LogP contribution in [0.25, 0.3) is 0 Å². The molecule has 2 unspecified atom stereocenters. The third-order valence-corrected chi connectivity index (χ3v) is 14.8. The molecule has 0 aliphatic carbocycles. The molecule has 0 aromatic rings. The van der Waals surface area contributed by atoms with Gasteiger partial charge in [-0.05, 0) is 12.8 Å².